The number of hydrogen-bond acceptors (Lipinski definition) is 4. The van der Waals surface area contributed by atoms with Gasteiger partial charge in [-0.05, 0) is 63.4 Å². The smallest absolute Gasteiger partial charge is 0.234 e. The van der Waals surface area contributed by atoms with E-state index in [2.05, 4.69) is 40.2 Å². The van der Waals surface area contributed by atoms with Crippen molar-refractivity contribution >= 4 is 17.2 Å². The summed E-state index contributed by atoms with van der Waals surface area (Å²) in [5.41, 5.74) is 2.70. The Bertz CT molecular complexity index is 767. The second-order valence-corrected chi connectivity index (χ2v) is 8.54. The summed E-state index contributed by atoms with van der Waals surface area (Å²) in [6.45, 7) is 3.49. The van der Waals surface area contributed by atoms with Crippen molar-refractivity contribution in [3.05, 3.63) is 39.6 Å². The van der Waals surface area contributed by atoms with Crippen molar-refractivity contribution in [3.8, 4) is 0 Å². The first-order valence-corrected chi connectivity index (χ1v) is 10.6. The predicted molar refractivity (Wildman–Crippen MR) is 104 cm³/mol. The van der Waals surface area contributed by atoms with Gasteiger partial charge < -0.3 is 9.88 Å². The van der Waals surface area contributed by atoms with Crippen molar-refractivity contribution in [1.82, 2.24) is 19.8 Å². The molecule has 0 saturated carbocycles. The zero-order chi connectivity index (χ0) is 18.1. The van der Waals surface area contributed by atoms with Crippen LogP contribution in [0.2, 0.25) is 0 Å². The summed E-state index contributed by atoms with van der Waals surface area (Å²) in [7, 11) is 2.15. The first-order chi connectivity index (χ1) is 12.6. The predicted octanol–water partition coefficient (Wildman–Crippen LogP) is 3.37. The molecule has 1 aliphatic carbocycles. The van der Waals surface area contributed by atoms with Crippen LogP contribution in [0.5, 0.6) is 0 Å². The molecule has 2 aromatic heterocycles. The van der Waals surface area contributed by atoms with Crippen molar-refractivity contribution < 1.29 is 4.79 Å². The Morgan fingerprint density at radius 1 is 1.38 bits per heavy atom. The summed E-state index contributed by atoms with van der Waals surface area (Å²) in [6, 6.07) is 4.45. The molecule has 5 nitrogen and oxygen atoms in total. The zero-order valence-electron chi connectivity index (χ0n) is 15.7. The molecule has 6 heteroatoms. The van der Waals surface area contributed by atoms with Crippen molar-refractivity contribution in [2.45, 2.75) is 57.5 Å². The number of aromatic nitrogens is 2. The first-order valence-electron chi connectivity index (χ1n) is 9.74. The largest absolute Gasteiger partial charge is 0.348 e. The fourth-order valence-corrected chi connectivity index (χ4v) is 5.13. The van der Waals surface area contributed by atoms with Gasteiger partial charge in [-0.2, -0.15) is 0 Å². The summed E-state index contributed by atoms with van der Waals surface area (Å²) in [5, 5.41) is 5.20. The SMILES string of the molecule is CC(NC(=O)CN1CCCC1c1nc2c(n1C)CCCC2)c1cccs1. The van der Waals surface area contributed by atoms with Crippen LogP contribution in [0.1, 0.15) is 66.8 Å². The molecular weight excluding hydrogens is 344 g/mol. The Morgan fingerprint density at radius 3 is 3.00 bits per heavy atom. The van der Waals surface area contributed by atoms with E-state index in [0.717, 1.165) is 38.1 Å². The normalized spacial score (nSPS) is 21.5. The number of likely N-dealkylation sites (tertiary alicyclic amines) is 1. The number of nitrogens with zero attached hydrogens (tertiary/aromatic N) is 3. The highest BCUT2D eigenvalue weighted by Crippen LogP contribution is 2.33. The number of hydrogen-bond donors (Lipinski definition) is 1. The van der Waals surface area contributed by atoms with Crippen LogP contribution in [-0.4, -0.2) is 33.4 Å². The number of fused-ring (bicyclic) bond motifs is 1. The molecule has 26 heavy (non-hydrogen) atoms. The molecule has 2 unspecified atom stereocenters. The van der Waals surface area contributed by atoms with Gasteiger partial charge in [-0.3, -0.25) is 9.69 Å². The Labute approximate surface area is 159 Å². The van der Waals surface area contributed by atoms with Gasteiger partial charge >= 0.3 is 0 Å². The lowest BCUT2D eigenvalue weighted by molar-refractivity contribution is -0.123. The minimum atomic E-state index is 0.0732. The number of thiophene rings is 1. The van der Waals surface area contributed by atoms with Crippen molar-refractivity contribution in [2.75, 3.05) is 13.1 Å². The molecule has 2 aromatic rings. The summed E-state index contributed by atoms with van der Waals surface area (Å²) in [6.07, 6.45) is 7.00. The van der Waals surface area contributed by atoms with E-state index in [1.807, 2.05) is 6.07 Å². The first kappa shape index (κ1) is 17.7. The highest BCUT2D eigenvalue weighted by atomic mass is 32.1. The van der Waals surface area contributed by atoms with Gasteiger partial charge in [0.05, 0.1) is 24.3 Å². The Hall–Kier alpha value is -1.66. The fourth-order valence-electron chi connectivity index (χ4n) is 4.39. The van der Waals surface area contributed by atoms with Gasteiger partial charge in [0.25, 0.3) is 0 Å². The monoisotopic (exact) mass is 372 g/mol. The van der Waals surface area contributed by atoms with E-state index in [4.69, 9.17) is 4.98 Å². The number of nitrogens with one attached hydrogen (secondary N) is 1. The van der Waals surface area contributed by atoms with Gasteiger partial charge in [0.1, 0.15) is 5.82 Å². The lowest BCUT2D eigenvalue weighted by Crippen LogP contribution is -2.38. The summed E-state index contributed by atoms with van der Waals surface area (Å²) >= 11 is 1.69. The number of carbonyl (C=O) groups is 1. The molecule has 0 aromatic carbocycles. The number of aryl methyl sites for hydroxylation is 1. The van der Waals surface area contributed by atoms with Crippen LogP contribution in [0.4, 0.5) is 0 Å². The molecule has 2 aliphatic rings. The molecule has 0 bridgehead atoms. The maximum atomic E-state index is 12.6. The van der Waals surface area contributed by atoms with Crippen molar-refractivity contribution in [1.29, 1.82) is 0 Å². The second-order valence-electron chi connectivity index (χ2n) is 7.56. The van der Waals surface area contributed by atoms with Crippen molar-refractivity contribution in [3.63, 3.8) is 0 Å². The van der Waals surface area contributed by atoms with Gasteiger partial charge in [0, 0.05) is 17.6 Å². The maximum Gasteiger partial charge on any atom is 0.234 e. The van der Waals surface area contributed by atoms with E-state index in [0.29, 0.717) is 6.54 Å². The average Bonchev–Trinajstić information content (AvgIpc) is 3.36. The summed E-state index contributed by atoms with van der Waals surface area (Å²) in [4.78, 5) is 21.1. The van der Waals surface area contributed by atoms with E-state index >= 15 is 0 Å². The number of carbonyl (C=O) groups excluding carboxylic acids is 1. The van der Waals surface area contributed by atoms with Crippen LogP contribution in [0.25, 0.3) is 0 Å². The second kappa shape index (κ2) is 7.53. The van der Waals surface area contributed by atoms with Crippen LogP contribution in [0.3, 0.4) is 0 Å². The van der Waals surface area contributed by atoms with Crippen LogP contribution < -0.4 is 5.32 Å². The molecule has 0 radical (unpaired) electrons. The number of imidazole rings is 1. The topological polar surface area (TPSA) is 50.2 Å². The highest BCUT2D eigenvalue weighted by Gasteiger charge is 2.32. The third-order valence-corrected chi connectivity index (χ3v) is 6.82. The lowest BCUT2D eigenvalue weighted by Gasteiger charge is -2.24. The van der Waals surface area contributed by atoms with E-state index < -0.39 is 0 Å². The lowest BCUT2D eigenvalue weighted by atomic mass is 10.0. The zero-order valence-corrected chi connectivity index (χ0v) is 16.5. The summed E-state index contributed by atoms with van der Waals surface area (Å²) in [5.74, 6) is 1.27. The van der Waals surface area contributed by atoms with Gasteiger partial charge in [-0.1, -0.05) is 6.07 Å². The van der Waals surface area contributed by atoms with Gasteiger partial charge in [0.15, 0.2) is 0 Å². The molecule has 0 spiro atoms. The molecular formula is C20H28N4OS. The molecule has 3 heterocycles. The molecule has 1 N–H and O–H groups in total. The maximum absolute atomic E-state index is 12.6. The quantitative estimate of drug-likeness (QED) is 0.875. The third-order valence-electron chi connectivity index (χ3n) is 5.76. The Morgan fingerprint density at radius 2 is 2.23 bits per heavy atom. The molecule has 1 aliphatic heterocycles. The standard InChI is InChI=1S/C20H28N4OS/c1-14(18-10-6-12-26-18)21-19(25)13-24-11-5-9-17(24)20-22-15-7-3-4-8-16(15)23(20)2/h6,10,12,14,17H,3-5,7-9,11,13H2,1-2H3,(H,21,25). The molecule has 4 rings (SSSR count). The van der Waals surface area contributed by atoms with E-state index in [1.54, 1.807) is 11.3 Å². The Kier molecular flexibility index (Phi) is 5.14. The van der Waals surface area contributed by atoms with Crippen LogP contribution in [0, 0.1) is 0 Å². The number of amides is 1. The summed E-state index contributed by atoms with van der Waals surface area (Å²) < 4.78 is 2.31. The molecule has 2 atom stereocenters. The fraction of sp³-hybridized carbons (Fsp3) is 0.600. The highest BCUT2D eigenvalue weighted by molar-refractivity contribution is 7.10. The van der Waals surface area contributed by atoms with E-state index in [-0.39, 0.29) is 18.0 Å². The number of rotatable bonds is 5. The minimum absolute atomic E-state index is 0.0732. The van der Waals surface area contributed by atoms with Crippen LogP contribution >= 0.6 is 11.3 Å². The van der Waals surface area contributed by atoms with Gasteiger partial charge in [-0.15, -0.1) is 11.3 Å². The van der Waals surface area contributed by atoms with E-state index in [1.165, 1.54) is 29.1 Å². The molecule has 1 amide bonds. The Balaban J connectivity index is 1.44. The van der Waals surface area contributed by atoms with Gasteiger partial charge in [-0.25, -0.2) is 4.98 Å². The van der Waals surface area contributed by atoms with Crippen LogP contribution in [-0.2, 0) is 24.7 Å². The molecule has 1 fully saturated rings. The van der Waals surface area contributed by atoms with Crippen LogP contribution in [0.15, 0.2) is 17.5 Å². The molecule has 1 saturated heterocycles. The van der Waals surface area contributed by atoms with E-state index in [9.17, 15) is 4.79 Å². The third kappa shape index (κ3) is 3.45. The van der Waals surface area contributed by atoms with Gasteiger partial charge in [0.2, 0.25) is 5.91 Å². The average molecular weight is 373 g/mol. The minimum Gasteiger partial charge on any atom is -0.348 e. The molecule has 140 valence electrons. The van der Waals surface area contributed by atoms with Crippen molar-refractivity contribution in [2.24, 2.45) is 7.05 Å².